The lowest BCUT2D eigenvalue weighted by molar-refractivity contribution is 0.00272. The van der Waals surface area contributed by atoms with Gasteiger partial charge in [-0.25, -0.2) is 4.99 Å². The zero-order valence-corrected chi connectivity index (χ0v) is 20.2. The first kappa shape index (κ1) is 25.1. The Morgan fingerprint density at radius 2 is 1.89 bits per heavy atom. The van der Waals surface area contributed by atoms with E-state index in [9.17, 15) is 0 Å². The summed E-state index contributed by atoms with van der Waals surface area (Å²) in [6.45, 7) is 15.5. The molecule has 2 rings (SSSR count). The van der Waals surface area contributed by atoms with Crippen molar-refractivity contribution in [2.45, 2.75) is 59.7 Å². The van der Waals surface area contributed by atoms with Crippen molar-refractivity contribution < 1.29 is 4.74 Å². The molecule has 162 valence electrons. The van der Waals surface area contributed by atoms with Gasteiger partial charge < -0.3 is 19.9 Å². The average Bonchev–Trinajstić information content (AvgIpc) is 3.17. The lowest BCUT2D eigenvalue weighted by Crippen LogP contribution is -2.53. The largest absolute Gasteiger partial charge is 0.379 e. The Morgan fingerprint density at radius 3 is 2.50 bits per heavy atom. The third-order valence-corrected chi connectivity index (χ3v) is 5.35. The highest BCUT2D eigenvalue weighted by molar-refractivity contribution is 14.0. The normalized spacial score (nSPS) is 16.7. The second kappa shape index (κ2) is 14.1. The number of hydrogen-bond donors (Lipinski definition) is 2. The van der Waals surface area contributed by atoms with Crippen molar-refractivity contribution in [2.75, 3.05) is 39.4 Å². The monoisotopic (exact) mass is 507 g/mol. The van der Waals surface area contributed by atoms with Gasteiger partial charge in [0.1, 0.15) is 12.9 Å². The van der Waals surface area contributed by atoms with E-state index in [2.05, 4.69) is 53.4 Å². The van der Waals surface area contributed by atoms with Gasteiger partial charge in [0.15, 0.2) is 11.8 Å². The van der Waals surface area contributed by atoms with Crippen LogP contribution >= 0.6 is 24.0 Å². The van der Waals surface area contributed by atoms with Crippen molar-refractivity contribution in [3.63, 3.8) is 0 Å². The molecule has 0 spiro atoms. The fourth-order valence-electron chi connectivity index (χ4n) is 3.69. The number of rotatable bonds is 10. The Kier molecular flexibility index (Phi) is 12.6. The standard InChI is InChI=1S/C19H37N7O.HI/c1-5-16(6-2)17(26-9-11-27-12-10-26)13-21-19(20-7-3)22-14-18-24-23-15-25(18)8-4;/h15-17H,5-14H2,1-4H3,(H2,20,21,22);1H. The van der Waals surface area contributed by atoms with Gasteiger partial charge in [-0.1, -0.05) is 26.7 Å². The van der Waals surface area contributed by atoms with E-state index in [0.717, 1.165) is 57.7 Å². The first-order valence-electron chi connectivity index (χ1n) is 10.4. The van der Waals surface area contributed by atoms with Crippen LogP contribution in [0, 0.1) is 5.92 Å². The maximum Gasteiger partial charge on any atom is 0.191 e. The van der Waals surface area contributed by atoms with Gasteiger partial charge in [0.25, 0.3) is 0 Å². The summed E-state index contributed by atoms with van der Waals surface area (Å²) in [5.74, 6) is 2.40. The summed E-state index contributed by atoms with van der Waals surface area (Å²) in [6, 6.07) is 0.493. The second-order valence-electron chi connectivity index (χ2n) is 6.90. The van der Waals surface area contributed by atoms with Crippen LogP contribution in [-0.4, -0.2) is 71.1 Å². The summed E-state index contributed by atoms with van der Waals surface area (Å²) in [4.78, 5) is 7.30. The summed E-state index contributed by atoms with van der Waals surface area (Å²) in [5.41, 5.74) is 0. The quantitative estimate of drug-likeness (QED) is 0.287. The Balaban J connectivity index is 0.00000392. The topological polar surface area (TPSA) is 79.6 Å². The molecule has 0 aliphatic carbocycles. The summed E-state index contributed by atoms with van der Waals surface area (Å²) >= 11 is 0. The Morgan fingerprint density at radius 1 is 1.18 bits per heavy atom. The molecule has 1 aromatic rings. The van der Waals surface area contributed by atoms with Crippen LogP contribution in [0.2, 0.25) is 0 Å². The number of aliphatic imine (C=N–C) groups is 1. The molecular weight excluding hydrogens is 469 g/mol. The van der Waals surface area contributed by atoms with Crippen LogP contribution < -0.4 is 10.6 Å². The van der Waals surface area contributed by atoms with Gasteiger partial charge in [-0.2, -0.15) is 0 Å². The molecule has 0 aromatic carbocycles. The van der Waals surface area contributed by atoms with E-state index >= 15 is 0 Å². The van der Waals surface area contributed by atoms with Crippen LogP contribution in [0.3, 0.4) is 0 Å². The maximum absolute atomic E-state index is 5.55. The average molecular weight is 507 g/mol. The third kappa shape index (κ3) is 7.47. The summed E-state index contributed by atoms with van der Waals surface area (Å²) < 4.78 is 7.57. The van der Waals surface area contributed by atoms with Crippen LogP contribution in [0.1, 0.15) is 46.4 Å². The van der Waals surface area contributed by atoms with Crippen molar-refractivity contribution in [3.05, 3.63) is 12.2 Å². The van der Waals surface area contributed by atoms with E-state index in [4.69, 9.17) is 9.73 Å². The highest BCUT2D eigenvalue weighted by Gasteiger charge is 2.27. The molecule has 0 bridgehead atoms. The Bertz CT molecular complexity index is 556. The van der Waals surface area contributed by atoms with Gasteiger partial charge in [-0.3, -0.25) is 4.90 Å². The summed E-state index contributed by atoms with van der Waals surface area (Å²) in [6.07, 6.45) is 4.13. The van der Waals surface area contributed by atoms with E-state index in [1.165, 1.54) is 12.8 Å². The lowest BCUT2D eigenvalue weighted by Gasteiger charge is -2.39. The molecule has 1 saturated heterocycles. The zero-order chi connectivity index (χ0) is 19.5. The SMILES string of the molecule is CCNC(=NCc1nncn1CC)NCC(C(CC)CC)N1CCOCC1.I. The van der Waals surface area contributed by atoms with Crippen LogP contribution in [0.4, 0.5) is 0 Å². The summed E-state index contributed by atoms with van der Waals surface area (Å²) in [5, 5.41) is 15.1. The van der Waals surface area contributed by atoms with Gasteiger partial charge >= 0.3 is 0 Å². The first-order valence-corrected chi connectivity index (χ1v) is 10.4. The molecule has 1 aliphatic heterocycles. The minimum absolute atomic E-state index is 0. The molecule has 1 fully saturated rings. The van der Waals surface area contributed by atoms with Crippen molar-refractivity contribution in [1.29, 1.82) is 0 Å². The molecule has 2 N–H and O–H groups in total. The highest BCUT2D eigenvalue weighted by Crippen LogP contribution is 2.19. The number of ether oxygens (including phenoxy) is 1. The minimum atomic E-state index is 0. The molecule has 1 aromatic heterocycles. The lowest BCUT2D eigenvalue weighted by atomic mass is 9.92. The predicted octanol–water partition coefficient (Wildman–Crippen LogP) is 2.11. The number of hydrogen-bond acceptors (Lipinski definition) is 5. The number of aromatic nitrogens is 3. The Hall–Kier alpha value is -0.940. The van der Waals surface area contributed by atoms with Crippen molar-refractivity contribution in [3.8, 4) is 0 Å². The molecule has 2 heterocycles. The molecule has 0 radical (unpaired) electrons. The molecule has 1 atom stereocenters. The van der Waals surface area contributed by atoms with Gasteiger partial charge in [0.05, 0.1) is 13.2 Å². The molecule has 8 nitrogen and oxygen atoms in total. The number of guanidine groups is 1. The smallest absolute Gasteiger partial charge is 0.191 e. The van der Waals surface area contributed by atoms with Crippen molar-refractivity contribution in [2.24, 2.45) is 10.9 Å². The molecule has 28 heavy (non-hydrogen) atoms. The second-order valence-corrected chi connectivity index (χ2v) is 6.90. The van der Waals surface area contributed by atoms with Crippen LogP contribution in [0.5, 0.6) is 0 Å². The maximum atomic E-state index is 5.55. The number of aryl methyl sites for hydroxylation is 1. The zero-order valence-electron chi connectivity index (χ0n) is 17.9. The van der Waals surface area contributed by atoms with E-state index in [0.29, 0.717) is 18.5 Å². The van der Waals surface area contributed by atoms with Gasteiger partial charge in [-0.15, -0.1) is 34.2 Å². The fourth-order valence-corrected chi connectivity index (χ4v) is 3.69. The predicted molar refractivity (Wildman–Crippen MR) is 124 cm³/mol. The molecule has 0 saturated carbocycles. The number of halogens is 1. The van der Waals surface area contributed by atoms with Gasteiger partial charge in [-0.05, 0) is 19.8 Å². The molecule has 9 heteroatoms. The van der Waals surface area contributed by atoms with Gasteiger partial charge in [0, 0.05) is 38.8 Å². The fraction of sp³-hybridized carbons (Fsp3) is 0.842. The number of nitrogens with zero attached hydrogens (tertiary/aromatic N) is 5. The highest BCUT2D eigenvalue weighted by atomic mass is 127. The number of morpholine rings is 1. The van der Waals surface area contributed by atoms with E-state index < -0.39 is 0 Å². The van der Waals surface area contributed by atoms with Crippen LogP contribution in [-0.2, 0) is 17.8 Å². The van der Waals surface area contributed by atoms with Crippen LogP contribution in [0.25, 0.3) is 0 Å². The Labute approximate surface area is 186 Å². The van der Waals surface area contributed by atoms with E-state index in [-0.39, 0.29) is 24.0 Å². The molecular formula is C19H38IN7O. The third-order valence-electron chi connectivity index (χ3n) is 5.35. The number of nitrogens with one attached hydrogen (secondary N) is 2. The van der Waals surface area contributed by atoms with E-state index in [1.807, 2.05) is 4.57 Å². The molecule has 1 aliphatic rings. The molecule has 0 amide bonds. The first-order chi connectivity index (χ1) is 13.2. The molecule has 1 unspecified atom stereocenters. The van der Waals surface area contributed by atoms with E-state index in [1.54, 1.807) is 6.33 Å². The summed E-state index contributed by atoms with van der Waals surface area (Å²) in [7, 11) is 0. The van der Waals surface area contributed by atoms with Crippen molar-refractivity contribution >= 4 is 29.9 Å². The van der Waals surface area contributed by atoms with Gasteiger partial charge in [0.2, 0.25) is 0 Å². The van der Waals surface area contributed by atoms with Crippen LogP contribution in [0.15, 0.2) is 11.3 Å². The van der Waals surface area contributed by atoms with Crippen molar-refractivity contribution in [1.82, 2.24) is 30.3 Å². The minimum Gasteiger partial charge on any atom is -0.379 e.